The number of halogens is 2. The van der Waals surface area contributed by atoms with E-state index >= 15 is 0 Å². The Morgan fingerprint density at radius 1 is 1.18 bits per heavy atom. The van der Waals surface area contributed by atoms with Crippen LogP contribution >= 0.6 is 31.9 Å². The molecule has 0 heterocycles. The van der Waals surface area contributed by atoms with E-state index in [9.17, 15) is 4.79 Å². The predicted octanol–water partition coefficient (Wildman–Crippen LogP) is 2.83. The van der Waals surface area contributed by atoms with Crippen molar-refractivity contribution in [3.8, 4) is 0 Å². The molecule has 66 valence electrons. The number of carbonyl (C=O) groups excluding carboxylic acids is 1. The molecule has 4 heteroatoms. The van der Waals surface area contributed by atoms with Gasteiger partial charge in [-0.15, -0.1) is 0 Å². The van der Waals surface area contributed by atoms with Crippen LogP contribution in [0, 0.1) is 0 Å². The first-order valence-corrected chi connectivity index (χ1v) is 4.83. The zero-order valence-electron chi connectivity index (χ0n) is 7.07. The average Bonchev–Trinajstić information content (AvgIpc) is 1.56. The van der Waals surface area contributed by atoms with E-state index in [1.54, 1.807) is 6.92 Å². The minimum atomic E-state index is -0.771. The maximum atomic E-state index is 11.2. The van der Waals surface area contributed by atoms with Crippen molar-refractivity contribution in [3.05, 3.63) is 0 Å². The van der Waals surface area contributed by atoms with Gasteiger partial charge in [-0.3, -0.25) is 0 Å². The number of carbonyl (C=O) groups is 1. The zero-order chi connectivity index (χ0) is 9.28. The van der Waals surface area contributed by atoms with Gasteiger partial charge in [-0.1, -0.05) is 31.9 Å². The average molecular weight is 288 g/mol. The molecule has 0 N–H and O–H groups in total. The van der Waals surface area contributed by atoms with E-state index < -0.39 is 8.83 Å². The lowest BCUT2D eigenvalue weighted by Gasteiger charge is -2.23. The van der Waals surface area contributed by atoms with E-state index in [2.05, 4.69) is 31.9 Å². The van der Waals surface area contributed by atoms with E-state index in [4.69, 9.17) is 4.74 Å². The second-order valence-electron chi connectivity index (χ2n) is 3.39. The second kappa shape index (κ2) is 3.44. The highest BCUT2D eigenvalue weighted by Gasteiger charge is 2.31. The molecule has 0 atom stereocenters. The summed E-state index contributed by atoms with van der Waals surface area (Å²) in [6.45, 7) is 7.17. The molecular weight excluding hydrogens is 276 g/mol. The lowest BCUT2D eigenvalue weighted by molar-refractivity contribution is -0.154. The highest BCUT2D eigenvalue weighted by Crippen LogP contribution is 2.28. The molecule has 0 saturated carbocycles. The van der Waals surface area contributed by atoms with Crippen LogP contribution in [0.25, 0.3) is 0 Å². The SMILES string of the molecule is CC(C)(C)OC(=O)C(C)(Br)Br. The van der Waals surface area contributed by atoms with Gasteiger partial charge in [0.25, 0.3) is 0 Å². The third-order valence-corrected chi connectivity index (χ3v) is 1.40. The van der Waals surface area contributed by atoms with Gasteiger partial charge in [0.1, 0.15) is 5.60 Å². The van der Waals surface area contributed by atoms with Crippen molar-refractivity contribution in [1.29, 1.82) is 0 Å². The summed E-state index contributed by atoms with van der Waals surface area (Å²) in [7, 11) is 0. The fraction of sp³-hybridized carbons (Fsp3) is 0.857. The standard InChI is InChI=1S/C7H12Br2O2/c1-6(2,3)11-5(10)7(4,8)9/h1-4H3. The number of hydrogen-bond acceptors (Lipinski definition) is 2. The minimum absolute atomic E-state index is 0.315. The molecular formula is C7H12Br2O2. The van der Waals surface area contributed by atoms with Crippen molar-refractivity contribution in [1.82, 2.24) is 0 Å². The number of esters is 1. The molecule has 0 aromatic heterocycles. The third-order valence-electron chi connectivity index (χ3n) is 0.757. The van der Waals surface area contributed by atoms with Crippen LogP contribution in [0.3, 0.4) is 0 Å². The molecule has 0 aliphatic rings. The van der Waals surface area contributed by atoms with Gasteiger partial charge < -0.3 is 4.74 Å². The highest BCUT2D eigenvalue weighted by molar-refractivity contribution is 9.25. The summed E-state index contributed by atoms with van der Waals surface area (Å²) in [4.78, 5) is 11.2. The predicted molar refractivity (Wildman–Crippen MR) is 52.1 cm³/mol. The number of rotatable bonds is 1. The first kappa shape index (κ1) is 11.4. The van der Waals surface area contributed by atoms with Crippen LogP contribution in [0.1, 0.15) is 27.7 Å². The highest BCUT2D eigenvalue weighted by atomic mass is 79.9. The quantitative estimate of drug-likeness (QED) is 0.548. The largest absolute Gasteiger partial charge is 0.458 e. The second-order valence-corrected chi connectivity index (χ2v) is 7.63. The van der Waals surface area contributed by atoms with Crippen LogP contribution in [0.5, 0.6) is 0 Å². The van der Waals surface area contributed by atoms with Crippen molar-refractivity contribution >= 4 is 37.8 Å². The summed E-state index contributed by atoms with van der Waals surface area (Å²) in [5, 5.41) is 0. The normalized spacial score (nSPS) is 12.9. The molecule has 0 aliphatic heterocycles. The van der Waals surface area contributed by atoms with Crippen molar-refractivity contribution in [2.45, 2.75) is 36.5 Å². The van der Waals surface area contributed by atoms with Gasteiger partial charge in [0.15, 0.2) is 3.23 Å². The Kier molecular flexibility index (Phi) is 3.57. The van der Waals surface area contributed by atoms with Crippen molar-refractivity contribution < 1.29 is 9.53 Å². The lowest BCUT2D eigenvalue weighted by Crippen LogP contribution is -2.32. The summed E-state index contributed by atoms with van der Waals surface area (Å²) in [5.41, 5.74) is -0.431. The zero-order valence-corrected chi connectivity index (χ0v) is 10.2. The lowest BCUT2D eigenvalue weighted by atomic mass is 10.2. The molecule has 0 spiro atoms. The van der Waals surface area contributed by atoms with Gasteiger partial charge in [-0.2, -0.15) is 0 Å². The minimum Gasteiger partial charge on any atom is -0.458 e. The molecule has 0 aliphatic carbocycles. The van der Waals surface area contributed by atoms with Gasteiger partial charge in [0.2, 0.25) is 0 Å². The summed E-state index contributed by atoms with van der Waals surface area (Å²) in [6.07, 6.45) is 0. The topological polar surface area (TPSA) is 26.3 Å². The Labute approximate surface area is 83.9 Å². The molecule has 11 heavy (non-hydrogen) atoms. The summed E-state index contributed by atoms with van der Waals surface area (Å²) >= 11 is 6.28. The van der Waals surface area contributed by atoms with Gasteiger partial charge >= 0.3 is 5.97 Å². The Hall–Kier alpha value is 0.430. The molecule has 0 unspecified atom stereocenters. The van der Waals surface area contributed by atoms with Crippen molar-refractivity contribution in [3.63, 3.8) is 0 Å². The Balaban J connectivity index is 4.11. The van der Waals surface area contributed by atoms with Crippen molar-refractivity contribution in [2.75, 3.05) is 0 Å². The number of alkyl halides is 2. The maximum absolute atomic E-state index is 11.2. The third kappa shape index (κ3) is 5.67. The fourth-order valence-corrected chi connectivity index (χ4v) is 0.530. The van der Waals surface area contributed by atoms with Crippen LogP contribution in [0.15, 0.2) is 0 Å². The number of hydrogen-bond donors (Lipinski definition) is 0. The van der Waals surface area contributed by atoms with E-state index in [0.29, 0.717) is 0 Å². The van der Waals surface area contributed by atoms with E-state index in [-0.39, 0.29) is 5.97 Å². The molecule has 0 fully saturated rings. The van der Waals surface area contributed by atoms with Crippen LogP contribution in [0.2, 0.25) is 0 Å². The van der Waals surface area contributed by atoms with E-state index in [1.165, 1.54) is 0 Å². The smallest absolute Gasteiger partial charge is 0.334 e. The first-order valence-electron chi connectivity index (χ1n) is 3.24. The van der Waals surface area contributed by atoms with Crippen LogP contribution in [-0.4, -0.2) is 14.8 Å². The summed E-state index contributed by atoms with van der Waals surface area (Å²) in [5.74, 6) is -0.315. The van der Waals surface area contributed by atoms with Crippen LogP contribution < -0.4 is 0 Å². The molecule has 0 saturated heterocycles. The van der Waals surface area contributed by atoms with Gasteiger partial charge in [0.05, 0.1) is 0 Å². The Morgan fingerprint density at radius 3 is 1.64 bits per heavy atom. The molecule has 0 radical (unpaired) electrons. The maximum Gasteiger partial charge on any atom is 0.334 e. The van der Waals surface area contributed by atoms with Gasteiger partial charge in [0, 0.05) is 0 Å². The number of ether oxygens (including phenoxy) is 1. The van der Waals surface area contributed by atoms with Gasteiger partial charge in [-0.25, -0.2) is 4.79 Å². The molecule has 0 aromatic carbocycles. The fourth-order valence-electron chi connectivity index (χ4n) is 0.368. The molecule has 0 rings (SSSR count). The molecule has 0 aromatic rings. The molecule has 0 amide bonds. The Bertz CT molecular complexity index is 153. The van der Waals surface area contributed by atoms with E-state index in [1.807, 2.05) is 20.8 Å². The van der Waals surface area contributed by atoms with Crippen molar-refractivity contribution in [2.24, 2.45) is 0 Å². The summed E-state index contributed by atoms with van der Waals surface area (Å²) < 4.78 is 4.30. The summed E-state index contributed by atoms with van der Waals surface area (Å²) in [6, 6.07) is 0. The molecule has 0 bridgehead atoms. The monoisotopic (exact) mass is 286 g/mol. The van der Waals surface area contributed by atoms with Crippen LogP contribution in [-0.2, 0) is 9.53 Å². The van der Waals surface area contributed by atoms with E-state index in [0.717, 1.165) is 0 Å². The first-order chi connectivity index (χ1) is 4.63. The Morgan fingerprint density at radius 2 is 1.55 bits per heavy atom. The van der Waals surface area contributed by atoms with Gasteiger partial charge in [-0.05, 0) is 27.7 Å². The molecule has 2 nitrogen and oxygen atoms in total. The van der Waals surface area contributed by atoms with Crippen LogP contribution in [0.4, 0.5) is 0 Å².